The Hall–Kier alpha value is -5.04. The highest BCUT2D eigenvalue weighted by Crippen LogP contribution is 2.32. The molecular formula is C38H31BrN4O3S. The minimum absolute atomic E-state index is 0.228. The van der Waals surface area contributed by atoms with E-state index in [0.717, 1.165) is 16.7 Å². The number of benzene rings is 4. The van der Waals surface area contributed by atoms with Gasteiger partial charge in [0, 0.05) is 11.3 Å². The summed E-state index contributed by atoms with van der Waals surface area (Å²) in [6.45, 7) is 6.33. The Bertz CT molecular complexity index is 2230. The van der Waals surface area contributed by atoms with Crippen molar-refractivity contribution >= 4 is 44.9 Å². The summed E-state index contributed by atoms with van der Waals surface area (Å²) < 4.78 is 8.84. The molecule has 0 spiro atoms. The second kappa shape index (κ2) is 13.8. The number of halogens is 1. The number of nitrogens with one attached hydrogen (secondary N) is 1. The number of amides is 1. The molecule has 2 heterocycles. The summed E-state index contributed by atoms with van der Waals surface area (Å²) in [5.74, 6) is 0.654. The Labute approximate surface area is 285 Å². The van der Waals surface area contributed by atoms with Crippen LogP contribution in [0.3, 0.4) is 0 Å². The largest absolute Gasteiger partial charge is 0.488 e. The summed E-state index contributed by atoms with van der Waals surface area (Å²) in [7, 11) is 0. The predicted molar refractivity (Wildman–Crippen MR) is 189 cm³/mol. The molecule has 1 atom stereocenters. The van der Waals surface area contributed by atoms with Gasteiger partial charge < -0.3 is 10.1 Å². The van der Waals surface area contributed by atoms with Crippen molar-refractivity contribution < 1.29 is 9.53 Å². The van der Waals surface area contributed by atoms with Crippen molar-refractivity contribution in [2.45, 2.75) is 39.3 Å². The molecule has 0 unspecified atom stereocenters. The van der Waals surface area contributed by atoms with Crippen molar-refractivity contribution in [3.05, 3.63) is 160 Å². The van der Waals surface area contributed by atoms with Crippen molar-refractivity contribution in [1.29, 1.82) is 5.26 Å². The normalized spacial score (nSPS) is 14.4. The average molecular weight is 704 g/mol. The number of nitriles is 1. The maximum Gasteiger partial charge on any atom is 0.271 e. The van der Waals surface area contributed by atoms with E-state index in [2.05, 4.69) is 53.3 Å². The first-order valence-corrected chi connectivity index (χ1v) is 16.7. The molecule has 4 aromatic carbocycles. The van der Waals surface area contributed by atoms with Gasteiger partial charge in [0.15, 0.2) is 4.80 Å². The quantitative estimate of drug-likeness (QED) is 0.185. The average Bonchev–Trinajstić information content (AvgIpc) is 3.37. The van der Waals surface area contributed by atoms with Gasteiger partial charge in [-0.2, -0.15) is 5.26 Å². The minimum Gasteiger partial charge on any atom is -0.488 e. The molecule has 0 fully saturated rings. The number of hydrogen-bond acceptors (Lipinski definition) is 6. The Morgan fingerprint density at radius 1 is 1.06 bits per heavy atom. The zero-order valence-electron chi connectivity index (χ0n) is 26.0. The zero-order valence-corrected chi connectivity index (χ0v) is 28.4. The third-order valence-corrected chi connectivity index (χ3v) is 9.59. The molecule has 1 aromatic heterocycles. The summed E-state index contributed by atoms with van der Waals surface area (Å²) in [5.41, 5.74) is 5.58. The maximum absolute atomic E-state index is 14.1. The highest BCUT2D eigenvalue weighted by molar-refractivity contribution is 9.10. The number of hydrogen-bond donors (Lipinski definition) is 1. The molecule has 7 nitrogen and oxygen atoms in total. The van der Waals surface area contributed by atoms with Gasteiger partial charge in [0.25, 0.3) is 11.5 Å². The van der Waals surface area contributed by atoms with Crippen LogP contribution in [0.25, 0.3) is 6.08 Å². The summed E-state index contributed by atoms with van der Waals surface area (Å²) >= 11 is 4.89. The third kappa shape index (κ3) is 6.75. The molecule has 1 aliphatic rings. The number of fused-ring (bicyclic) bond motifs is 1. The van der Waals surface area contributed by atoms with Gasteiger partial charge in [-0.1, -0.05) is 91.9 Å². The number of allylic oxidation sites excluding steroid dienone is 1. The molecule has 1 N–H and O–H groups in total. The van der Waals surface area contributed by atoms with Crippen LogP contribution < -0.4 is 24.9 Å². The van der Waals surface area contributed by atoms with Gasteiger partial charge in [-0.15, -0.1) is 0 Å². The summed E-state index contributed by atoms with van der Waals surface area (Å²) in [4.78, 5) is 33.3. The number of anilines is 1. The number of rotatable bonds is 8. The van der Waals surface area contributed by atoms with E-state index in [9.17, 15) is 14.9 Å². The summed E-state index contributed by atoms with van der Waals surface area (Å²) in [6.07, 6.45) is 1.82. The van der Waals surface area contributed by atoms with Crippen LogP contribution in [-0.4, -0.2) is 10.5 Å². The smallest absolute Gasteiger partial charge is 0.271 e. The number of thiazole rings is 1. The van der Waals surface area contributed by atoms with Crippen molar-refractivity contribution in [2.75, 3.05) is 5.32 Å². The molecule has 9 heteroatoms. The lowest BCUT2D eigenvalue weighted by Crippen LogP contribution is -2.40. The third-order valence-electron chi connectivity index (χ3n) is 7.99. The summed E-state index contributed by atoms with van der Waals surface area (Å²) in [6, 6.07) is 31.8. The molecule has 0 radical (unpaired) electrons. The fraction of sp³-hybridized carbons (Fsp3) is 0.158. The molecule has 47 heavy (non-hydrogen) atoms. The van der Waals surface area contributed by atoms with E-state index >= 15 is 0 Å². The van der Waals surface area contributed by atoms with Gasteiger partial charge in [-0.05, 0) is 81.9 Å². The van der Waals surface area contributed by atoms with E-state index in [1.165, 1.54) is 16.9 Å². The fourth-order valence-electron chi connectivity index (χ4n) is 5.50. The summed E-state index contributed by atoms with van der Waals surface area (Å²) in [5, 5.41) is 12.4. The van der Waals surface area contributed by atoms with Crippen molar-refractivity contribution in [3.8, 4) is 11.8 Å². The molecule has 5 aromatic rings. The molecule has 0 aliphatic carbocycles. The van der Waals surface area contributed by atoms with Gasteiger partial charge in [-0.25, -0.2) is 4.99 Å². The second-order valence-electron chi connectivity index (χ2n) is 11.5. The number of aromatic nitrogens is 1. The minimum atomic E-state index is -0.655. The van der Waals surface area contributed by atoms with Crippen LogP contribution >= 0.6 is 27.3 Å². The van der Waals surface area contributed by atoms with Crippen LogP contribution in [0.15, 0.2) is 123 Å². The lowest BCUT2D eigenvalue weighted by Gasteiger charge is -2.25. The molecular weight excluding hydrogens is 672 g/mol. The van der Waals surface area contributed by atoms with Gasteiger partial charge in [-0.3, -0.25) is 14.2 Å². The van der Waals surface area contributed by atoms with Gasteiger partial charge in [0.2, 0.25) is 0 Å². The van der Waals surface area contributed by atoms with E-state index < -0.39 is 6.04 Å². The van der Waals surface area contributed by atoms with E-state index in [4.69, 9.17) is 9.73 Å². The van der Waals surface area contributed by atoms with Gasteiger partial charge in [0.05, 0.1) is 37.9 Å². The van der Waals surface area contributed by atoms with Crippen LogP contribution in [0.2, 0.25) is 0 Å². The van der Waals surface area contributed by atoms with Crippen molar-refractivity contribution in [1.82, 2.24) is 4.57 Å². The predicted octanol–water partition coefficient (Wildman–Crippen LogP) is 7.21. The lowest BCUT2D eigenvalue weighted by molar-refractivity contribution is -0.113. The molecule has 0 saturated heterocycles. The van der Waals surface area contributed by atoms with E-state index in [1.54, 1.807) is 10.6 Å². The monoisotopic (exact) mass is 702 g/mol. The van der Waals surface area contributed by atoms with Crippen molar-refractivity contribution in [2.24, 2.45) is 4.99 Å². The molecule has 1 aliphatic heterocycles. The number of para-hydroxylation sites is 1. The Kier molecular flexibility index (Phi) is 9.34. The van der Waals surface area contributed by atoms with Crippen LogP contribution in [0.4, 0.5) is 5.69 Å². The van der Waals surface area contributed by atoms with Crippen LogP contribution in [0.1, 0.15) is 60.5 Å². The SMILES string of the molecule is CC1=C(C(=O)Nc2ccccc2)[C@@H](c2ccc(C(C)C)cc2)n2c(s/c(=C/c3ccc(OCc4ccccc4C#N)c(Br)c3)c2=O)=N1. The number of ether oxygens (including phenoxy) is 1. The lowest BCUT2D eigenvalue weighted by atomic mass is 9.93. The molecule has 6 rings (SSSR count). The fourth-order valence-corrected chi connectivity index (χ4v) is 7.05. The molecule has 0 bridgehead atoms. The molecule has 1 amide bonds. The number of carbonyl (C=O) groups is 1. The Morgan fingerprint density at radius 3 is 2.49 bits per heavy atom. The Balaban J connectivity index is 1.37. The first-order valence-electron chi connectivity index (χ1n) is 15.1. The second-order valence-corrected chi connectivity index (χ2v) is 13.3. The first kappa shape index (κ1) is 31.9. The van der Waals surface area contributed by atoms with Crippen LogP contribution in [-0.2, 0) is 11.4 Å². The Morgan fingerprint density at radius 2 is 1.79 bits per heavy atom. The zero-order chi connectivity index (χ0) is 33.1. The van der Waals surface area contributed by atoms with E-state index in [1.807, 2.05) is 91.9 Å². The van der Waals surface area contributed by atoms with E-state index in [-0.39, 0.29) is 18.1 Å². The van der Waals surface area contributed by atoms with Crippen LogP contribution in [0.5, 0.6) is 5.75 Å². The van der Waals surface area contributed by atoms with Crippen molar-refractivity contribution in [3.63, 3.8) is 0 Å². The van der Waals surface area contributed by atoms with Gasteiger partial charge in [0.1, 0.15) is 12.4 Å². The highest BCUT2D eigenvalue weighted by Gasteiger charge is 2.32. The standard InChI is InChI=1S/C38H31BrN4O3S/c1-23(2)26-14-16-27(17-15-26)35-34(36(44)42-30-11-5-4-6-12-30)24(3)41-38-43(35)37(45)33(47-38)20-25-13-18-32(31(39)19-25)46-22-29-10-8-7-9-28(29)21-40/h4-20,23,35H,22H2,1-3H3,(H,42,44)/b33-20+/t35-/m1/s1. The number of nitrogens with zero attached hydrogens (tertiary/aromatic N) is 3. The van der Waals surface area contributed by atoms with Crippen LogP contribution in [0, 0.1) is 11.3 Å². The van der Waals surface area contributed by atoms with E-state index in [0.29, 0.717) is 48.0 Å². The topological polar surface area (TPSA) is 96.5 Å². The molecule has 234 valence electrons. The maximum atomic E-state index is 14.1. The first-order chi connectivity index (χ1) is 22.7. The number of carbonyl (C=O) groups excluding carboxylic acids is 1. The highest BCUT2D eigenvalue weighted by atomic mass is 79.9. The molecule has 0 saturated carbocycles. The van der Waals surface area contributed by atoms with Gasteiger partial charge >= 0.3 is 0 Å².